The van der Waals surface area contributed by atoms with Crippen LogP contribution in [0.5, 0.6) is 11.5 Å². The number of halogens is 3. The second-order valence-electron chi connectivity index (χ2n) is 28.2. The van der Waals surface area contributed by atoms with Gasteiger partial charge in [-0.15, -0.1) is 0 Å². The molecule has 11 N–H and O–H groups in total. The Kier molecular flexibility index (Phi) is 19.4. The monoisotopic (exact) mass is 1580 g/mol. The van der Waals surface area contributed by atoms with Crippen LogP contribution in [-0.4, -0.2) is 118 Å². The fourth-order valence-electron chi connectivity index (χ4n) is 15.2. The van der Waals surface area contributed by atoms with Crippen molar-refractivity contribution in [3.63, 3.8) is 0 Å². The fraction of sp³-hybridized carbons (Fsp3) is 0.229. The SMILES string of the molecule is CC(C)[C@@H]1NC(=O)[C@@H](N)Cc2cc(Br)c(O)c(c2)[C@]23c4cccc(c4OC2O)-c2cccc4[nH]c(Cl)c(c24)-c2oc(nc2Cl)-c2nc1oc23.CCC1=NC(=O)[C@H]([C@H](C)c2c[nH]c3ccccc23)O1.CN(C)[C@@H](Cc1ccccc1)c1ncc(-c2c[nH]c3ccccc23)o1.N=C1NC(=O)[C@H](Cc2c[nH]c3ccccc23)O1. The van der Waals surface area contributed by atoms with Gasteiger partial charge in [0.2, 0.25) is 24.0 Å². The zero-order valence-electron chi connectivity index (χ0n) is 60.2. The van der Waals surface area contributed by atoms with Crippen LogP contribution in [0.2, 0.25) is 10.3 Å². The maximum atomic E-state index is 13.5. The largest absolute Gasteiger partial charge is 0.506 e. The number of aliphatic hydroxyl groups is 1. The number of para-hydroxylation sites is 4. The molecule has 0 radical (unpaired) electrons. The lowest BCUT2D eigenvalue weighted by atomic mass is 9.70. The third-order valence-corrected chi connectivity index (χ3v) is 21.9. The standard InChI is InChI=1S/C35H26BrCl2N5O6.C21H21N3O.C15H16N2O2.C12H11N3O2/c1-12(2)23-32-42-24-28(49-32)35(17-9-13(10-18(36)25(17)44)11-19(39)31(45)41-23)16-7-3-6-15(26(16)48-34(35)46)14-5-4-8-20-21(14)22(29(37)40-20)27-30(38)43-33(24)47-27;1-24(2)19(12-15-8-4-3-5-9-15)21-23-14-20(25-21)17-13-22-18-11-7-6-10-16(17)18;1-3-13-17-15(18)14(19-13)9(2)11-8-16-12-7-5-4-6-10(11)12;13-12-15-11(16)10(17-12)5-7-6-14-9-4-2-1-3-8(7)9/h3-10,12,19,23,34,40,44,46H,11,39H2,1-2H3,(H,41,45);3-11,13-14,19,22H,12H2,1-2H3;4-9,14,16H,3H2,1-2H3;1-4,6,10,14H,5H2,(H2,13,15,16)/t19-,23-,34?,35-;19-;9-,14+;10-/m0010/s1. The van der Waals surface area contributed by atoms with Gasteiger partial charge in [0, 0.05) is 103 Å². The van der Waals surface area contributed by atoms with Gasteiger partial charge in [0.05, 0.1) is 28.3 Å². The highest BCUT2D eigenvalue weighted by atomic mass is 79.9. The van der Waals surface area contributed by atoms with Gasteiger partial charge in [-0.2, -0.15) is 9.98 Å². The molecule has 19 rings (SSSR count). The number of aliphatic hydroxyl groups excluding tert-OH is 1. The van der Waals surface area contributed by atoms with Crippen molar-refractivity contribution in [3.8, 4) is 56.9 Å². The number of carbonyl (C=O) groups excluding carboxylic acids is 3. The van der Waals surface area contributed by atoms with E-state index in [0.29, 0.717) is 67.7 Å². The topological polar surface area (TPSA) is 350 Å². The highest BCUT2D eigenvalue weighted by molar-refractivity contribution is 9.10. The number of hydrogen-bond donors (Lipinski definition) is 10. The maximum Gasteiger partial charge on any atom is 0.290 e. The smallest absolute Gasteiger partial charge is 0.290 e. The van der Waals surface area contributed by atoms with Gasteiger partial charge >= 0.3 is 0 Å². The van der Waals surface area contributed by atoms with E-state index in [1.807, 2.05) is 150 Å². The van der Waals surface area contributed by atoms with Crippen LogP contribution in [0.25, 0.3) is 89.0 Å². The summed E-state index contributed by atoms with van der Waals surface area (Å²) in [5.41, 5.74) is 16.3. The number of likely N-dealkylation sites (N-methyl/N-ethyl adjacent to an activating group) is 1. The molecular formula is C83H74BrCl2N13O11. The van der Waals surface area contributed by atoms with E-state index in [4.69, 9.17) is 66.8 Å². The van der Waals surface area contributed by atoms with Crippen molar-refractivity contribution >= 4 is 112 Å². The van der Waals surface area contributed by atoms with Gasteiger partial charge in [0.25, 0.3) is 23.7 Å². The quantitative estimate of drug-likeness (QED) is 0.0575. The number of H-pyrrole nitrogens is 4. The number of rotatable bonds is 11. The number of ether oxygens (including phenoxy) is 3. The Balaban J connectivity index is 0.000000125. The first kappa shape index (κ1) is 72.6. The number of fused-ring (bicyclic) bond motifs is 11. The van der Waals surface area contributed by atoms with Crippen LogP contribution in [0, 0.1) is 11.3 Å². The summed E-state index contributed by atoms with van der Waals surface area (Å²) in [6.07, 6.45) is 7.00. The summed E-state index contributed by atoms with van der Waals surface area (Å²) in [5, 5.41) is 41.2. The molecule has 7 aromatic heterocycles. The summed E-state index contributed by atoms with van der Waals surface area (Å²) in [6.45, 7) is 7.75. The van der Waals surface area contributed by atoms with Crippen LogP contribution in [0.15, 0.2) is 199 Å². The average molecular weight is 1580 g/mol. The lowest BCUT2D eigenvalue weighted by Gasteiger charge is -2.32. The number of aliphatic imine (C=N–C) groups is 1. The zero-order chi connectivity index (χ0) is 76.6. The van der Waals surface area contributed by atoms with Gasteiger partial charge in [0.1, 0.15) is 28.1 Å². The Morgan fingerprint density at radius 3 is 2.15 bits per heavy atom. The number of hydrogen-bond acceptors (Lipinski definition) is 17. The van der Waals surface area contributed by atoms with E-state index in [-0.39, 0.29) is 92.7 Å². The molecule has 10 bridgehead atoms. The first-order valence-electron chi connectivity index (χ1n) is 35.9. The molecule has 14 aromatic rings. The van der Waals surface area contributed by atoms with Crippen LogP contribution >= 0.6 is 39.1 Å². The maximum absolute atomic E-state index is 13.5. The van der Waals surface area contributed by atoms with Gasteiger partial charge in [-0.25, -0.2) is 9.97 Å². The fourth-order valence-corrected chi connectivity index (χ4v) is 16.2. The molecule has 558 valence electrons. The highest BCUT2D eigenvalue weighted by Crippen LogP contribution is 2.60. The Morgan fingerprint density at radius 2 is 1.43 bits per heavy atom. The lowest BCUT2D eigenvalue weighted by Crippen LogP contribution is -2.45. The van der Waals surface area contributed by atoms with Crippen LogP contribution in [0.4, 0.5) is 0 Å². The molecule has 5 aliphatic heterocycles. The van der Waals surface area contributed by atoms with Crippen molar-refractivity contribution in [1.82, 2.24) is 50.4 Å². The Morgan fingerprint density at radius 1 is 0.745 bits per heavy atom. The molecule has 7 aromatic carbocycles. The van der Waals surface area contributed by atoms with E-state index in [1.54, 1.807) is 12.1 Å². The van der Waals surface area contributed by atoms with Crippen molar-refractivity contribution in [1.29, 1.82) is 5.41 Å². The normalized spacial score (nSPS) is 19.3. The number of nitrogens with two attached hydrogens (primary N) is 1. The number of carbonyl (C=O) groups is 3. The summed E-state index contributed by atoms with van der Waals surface area (Å²) < 4.78 is 36.9. The van der Waals surface area contributed by atoms with E-state index < -0.39 is 41.9 Å². The first-order chi connectivity index (χ1) is 53.1. The number of aromatic amines is 4. The third-order valence-electron chi connectivity index (χ3n) is 20.7. The Bertz CT molecular complexity index is 5950. The molecule has 110 heavy (non-hydrogen) atoms. The summed E-state index contributed by atoms with van der Waals surface area (Å²) >= 11 is 17.2. The average Bonchev–Trinajstić information content (AvgIpc) is 1.52. The number of nitrogens with zero attached hydrogens (tertiary/aromatic N) is 5. The number of nitrogens with one attached hydrogen (secondary N) is 7. The molecule has 0 aliphatic carbocycles. The van der Waals surface area contributed by atoms with E-state index in [9.17, 15) is 24.6 Å². The van der Waals surface area contributed by atoms with Gasteiger partial charge in [-0.05, 0) is 107 Å². The van der Waals surface area contributed by atoms with Crippen LogP contribution in [0.1, 0.15) is 103 Å². The minimum atomic E-state index is -1.75. The molecule has 12 heterocycles. The number of aromatic hydroxyl groups is 1. The molecule has 0 saturated carbocycles. The van der Waals surface area contributed by atoms with Crippen molar-refractivity contribution in [2.24, 2.45) is 16.6 Å². The third kappa shape index (κ3) is 13.0. The van der Waals surface area contributed by atoms with Crippen molar-refractivity contribution < 1.29 is 52.1 Å². The molecular weight excluding hydrogens is 1510 g/mol. The van der Waals surface area contributed by atoms with E-state index >= 15 is 0 Å². The second-order valence-corrected chi connectivity index (χ2v) is 29.8. The van der Waals surface area contributed by atoms with Gasteiger partial charge < -0.3 is 68.7 Å². The molecule has 27 heteroatoms. The number of amidine groups is 1. The van der Waals surface area contributed by atoms with E-state index in [0.717, 1.165) is 67.5 Å². The van der Waals surface area contributed by atoms with Crippen molar-refractivity contribution in [3.05, 3.63) is 242 Å². The number of phenolic OH excluding ortho intramolecular Hbond substituents is 1. The minimum absolute atomic E-state index is 0.0129. The number of phenols is 1. The number of amides is 3. The van der Waals surface area contributed by atoms with E-state index in [2.05, 4.69) is 123 Å². The Labute approximate surface area is 647 Å². The first-order valence-corrected chi connectivity index (χ1v) is 37.4. The van der Waals surface area contributed by atoms with Crippen LogP contribution < -0.4 is 21.1 Å². The predicted octanol–water partition coefficient (Wildman–Crippen LogP) is 15.8. The number of oxazole rings is 3. The molecule has 1 saturated heterocycles. The number of benzene rings is 7. The number of aromatic nitrogens is 7. The second kappa shape index (κ2) is 29.4. The highest BCUT2D eigenvalue weighted by Gasteiger charge is 2.59. The van der Waals surface area contributed by atoms with E-state index in [1.165, 1.54) is 5.56 Å². The van der Waals surface area contributed by atoms with Gasteiger partial charge in [0.15, 0.2) is 46.2 Å². The molecule has 1 fully saturated rings. The lowest BCUT2D eigenvalue weighted by molar-refractivity contribution is -0.124. The molecule has 1 spiro atoms. The minimum Gasteiger partial charge on any atom is -0.506 e. The Hall–Kier alpha value is -11.6. The zero-order valence-corrected chi connectivity index (χ0v) is 63.3. The summed E-state index contributed by atoms with van der Waals surface area (Å²) in [7, 11) is 4.12. The molecule has 24 nitrogen and oxygen atoms in total. The summed E-state index contributed by atoms with van der Waals surface area (Å²) in [6, 6.07) is 47.4. The van der Waals surface area contributed by atoms with Gasteiger partial charge in [-0.3, -0.25) is 30.0 Å². The summed E-state index contributed by atoms with van der Waals surface area (Å²) in [5.74, 6) is 1.47. The molecule has 5 aliphatic rings. The van der Waals surface area contributed by atoms with Crippen LogP contribution in [0.3, 0.4) is 0 Å². The van der Waals surface area contributed by atoms with Crippen LogP contribution in [-0.2, 0) is 48.5 Å². The molecule has 3 amide bonds. The molecule has 8 atom stereocenters. The molecule has 1 unspecified atom stereocenters. The van der Waals surface area contributed by atoms with Crippen molar-refractivity contribution in [2.45, 2.75) is 101 Å². The van der Waals surface area contributed by atoms with Crippen molar-refractivity contribution in [2.75, 3.05) is 14.1 Å². The van der Waals surface area contributed by atoms with Gasteiger partial charge in [-0.1, -0.05) is 172 Å². The summed E-state index contributed by atoms with van der Waals surface area (Å²) in [4.78, 5) is 69.9. The predicted molar refractivity (Wildman–Crippen MR) is 422 cm³/mol.